The van der Waals surface area contributed by atoms with Gasteiger partial charge in [-0.1, -0.05) is 17.1 Å². The maximum Gasteiger partial charge on any atom is 0.416 e. The number of anilines is 2. The summed E-state index contributed by atoms with van der Waals surface area (Å²) in [5.41, 5.74) is 0.231. The number of alkyl halides is 3. The van der Waals surface area contributed by atoms with Crippen LogP contribution in [0.4, 0.5) is 24.7 Å². The summed E-state index contributed by atoms with van der Waals surface area (Å²) < 4.78 is 59.7. The van der Waals surface area contributed by atoms with E-state index in [-0.39, 0.29) is 11.6 Å². The van der Waals surface area contributed by atoms with E-state index < -0.39 is 22.8 Å². The second kappa shape index (κ2) is 6.76. The van der Waals surface area contributed by atoms with Gasteiger partial charge in [-0.15, -0.1) is 0 Å². The van der Waals surface area contributed by atoms with Gasteiger partial charge in [-0.3, -0.25) is 4.21 Å². The van der Waals surface area contributed by atoms with Gasteiger partial charge in [-0.25, -0.2) is 4.98 Å². The van der Waals surface area contributed by atoms with Crippen LogP contribution >= 0.6 is 15.9 Å². The maximum atomic E-state index is 12.6. The van der Waals surface area contributed by atoms with E-state index in [1.807, 2.05) is 0 Å². The molecule has 0 spiro atoms. The molecule has 118 valence electrons. The molecule has 9 heteroatoms. The molecule has 1 aromatic carbocycles. The minimum Gasteiger partial charge on any atom is -0.772 e. The van der Waals surface area contributed by atoms with Crippen molar-refractivity contribution < 1.29 is 21.9 Å². The molecular formula is C13H9BrF3N2O2S-. The Bertz CT molecular complexity index is 710. The normalized spacial score (nSPS) is 13.0. The summed E-state index contributed by atoms with van der Waals surface area (Å²) in [4.78, 5) is 3.83. The zero-order valence-corrected chi connectivity index (χ0v) is 13.3. The molecule has 0 aliphatic heterocycles. The van der Waals surface area contributed by atoms with Gasteiger partial charge < -0.3 is 9.87 Å². The van der Waals surface area contributed by atoms with Gasteiger partial charge in [-0.05, 0) is 45.8 Å². The molecule has 1 unspecified atom stereocenters. The van der Waals surface area contributed by atoms with Gasteiger partial charge in [0.2, 0.25) is 0 Å². The first-order valence-corrected chi connectivity index (χ1v) is 7.94. The van der Waals surface area contributed by atoms with Crippen LogP contribution in [-0.4, -0.2) is 13.7 Å². The molecular weight excluding hydrogens is 385 g/mol. The molecule has 0 saturated carbocycles. The van der Waals surface area contributed by atoms with Crippen molar-refractivity contribution >= 4 is 38.5 Å². The predicted octanol–water partition coefficient (Wildman–Crippen LogP) is 3.99. The first-order chi connectivity index (χ1) is 10.3. The summed E-state index contributed by atoms with van der Waals surface area (Å²) in [6, 6.07) is 6.48. The highest BCUT2D eigenvalue weighted by Gasteiger charge is 2.30. The Balaban J connectivity index is 2.22. The average Bonchev–Trinajstić information content (AvgIpc) is 2.41. The van der Waals surface area contributed by atoms with Crippen LogP contribution in [0.1, 0.15) is 11.1 Å². The first-order valence-electron chi connectivity index (χ1n) is 5.90. The topological polar surface area (TPSA) is 65.0 Å². The maximum absolute atomic E-state index is 12.6. The molecule has 0 aliphatic rings. The molecule has 0 radical (unpaired) electrons. The van der Waals surface area contributed by atoms with Gasteiger partial charge in [0.1, 0.15) is 5.82 Å². The second-order valence-electron chi connectivity index (χ2n) is 4.31. The van der Waals surface area contributed by atoms with E-state index in [0.717, 1.165) is 18.3 Å². The van der Waals surface area contributed by atoms with Crippen LogP contribution < -0.4 is 5.32 Å². The molecule has 4 nitrogen and oxygen atoms in total. The summed E-state index contributed by atoms with van der Waals surface area (Å²) in [5, 5.41) is 2.75. The number of nitrogens with zero attached hydrogens (tertiary/aromatic N) is 1. The van der Waals surface area contributed by atoms with Crippen molar-refractivity contribution in [3.63, 3.8) is 0 Å². The fourth-order valence-electron chi connectivity index (χ4n) is 1.70. The third kappa shape index (κ3) is 4.52. The van der Waals surface area contributed by atoms with Crippen molar-refractivity contribution in [1.29, 1.82) is 0 Å². The molecule has 0 amide bonds. The van der Waals surface area contributed by atoms with Crippen LogP contribution in [0.5, 0.6) is 0 Å². The van der Waals surface area contributed by atoms with Crippen molar-refractivity contribution in [2.45, 2.75) is 11.9 Å². The Morgan fingerprint density at radius 2 is 2.00 bits per heavy atom. The number of hydrogen-bond donors (Lipinski definition) is 1. The number of halogens is 4. The lowest BCUT2D eigenvalue weighted by Gasteiger charge is -2.12. The van der Waals surface area contributed by atoms with E-state index >= 15 is 0 Å². The Kier molecular flexibility index (Phi) is 5.20. The van der Waals surface area contributed by atoms with Gasteiger partial charge in [0, 0.05) is 16.4 Å². The number of rotatable bonds is 4. The Morgan fingerprint density at radius 3 is 2.59 bits per heavy atom. The first kappa shape index (κ1) is 16.9. The van der Waals surface area contributed by atoms with Gasteiger partial charge >= 0.3 is 6.18 Å². The molecule has 0 bridgehead atoms. The average molecular weight is 394 g/mol. The molecule has 0 aliphatic carbocycles. The molecule has 22 heavy (non-hydrogen) atoms. The van der Waals surface area contributed by atoms with Gasteiger partial charge in [0.15, 0.2) is 0 Å². The number of pyridine rings is 1. The van der Waals surface area contributed by atoms with E-state index in [1.165, 1.54) is 0 Å². The van der Waals surface area contributed by atoms with Crippen LogP contribution in [0, 0.1) is 0 Å². The number of benzene rings is 1. The van der Waals surface area contributed by atoms with E-state index in [2.05, 4.69) is 26.2 Å². The Morgan fingerprint density at radius 1 is 1.27 bits per heavy atom. The van der Waals surface area contributed by atoms with Crippen molar-refractivity contribution in [3.05, 3.63) is 52.1 Å². The van der Waals surface area contributed by atoms with E-state index in [1.54, 1.807) is 18.2 Å². The molecule has 1 atom stereocenters. The van der Waals surface area contributed by atoms with Crippen LogP contribution in [0.3, 0.4) is 0 Å². The highest BCUT2D eigenvalue weighted by atomic mass is 79.9. The molecule has 2 aromatic rings. The Labute approximate surface area is 135 Å². The summed E-state index contributed by atoms with van der Waals surface area (Å²) >= 11 is 1.03. The summed E-state index contributed by atoms with van der Waals surface area (Å²) in [6.45, 7) is 0. The second-order valence-corrected chi connectivity index (χ2v) is 6.07. The number of hydrogen-bond acceptors (Lipinski definition) is 4. The van der Waals surface area contributed by atoms with Crippen molar-refractivity contribution in [2.24, 2.45) is 0 Å². The lowest BCUT2D eigenvalue weighted by Crippen LogP contribution is -2.06. The van der Waals surface area contributed by atoms with Crippen LogP contribution in [0.25, 0.3) is 0 Å². The van der Waals surface area contributed by atoms with Gasteiger partial charge in [0.05, 0.1) is 11.3 Å². The fourth-order valence-corrected chi connectivity index (χ4v) is 2.68. The van der Waals surface area contributed by atoms with Crippen molar-refractivity contribution in [2.75, 3.05) is 5.32 Å². The Hall–Kier alpha value is -1.45. The highest BCUT2D eigenvalue weighted by Crippen LogP contribution is 2.32. The predicted molar refractivity (Wildman–Crippen MR) is 79.3 cm³/mol. The zero-order valence-electron chi connectivity index (χ0n) is 10.9. The van der Waals surface area contributed by atoms with E-state index in [0.29, 0.717) is 15.7 Å². The van der Waals surface area contributed by atoms with Crippen molar-refractivity contribution in [1.82, 2.24) is 4.98 Å². The smallest absolute Gasteiger partial charge is 0.416 e. The third-order valence-electron chi connectivity index (χ3n) is 2.67. The van der Waals surface area contributed by atoms with E-state index in [9.17, 15) is 21.9 Å². The third-order valence-corrected chi connectivity index (χ3v) is 3.89. The van der Waals surface area contributed by atoms with Crippen LogP contribution in [0.2, 0.25) is 0 Å². The molecule has 1 heterocycles. The van der Waals surface area contributed by atoms with Crippen LogP contribution in [-0.2, 0) is 23.0 Å². The quantitative estimate of drug-likeness (QED) is 0.797. The lowest BCUT2D eigenvalue weighted by atomic mass is 10.2. The van der Waals surface area contributed by atoms with Crippen molar-refractivity contribution in [3.8, 4) is 0 Å². The summed E-state index contributed by atoms with van der Waals surface area (Å²) in [6.07, 6.45) is -3.38. The largest absolute Gasteiger partial charge is 0.772 e. The lowest BCUT2D eigenvalue weighted by molar-refractivity contribution is -0.137. The van der Waals surface area contributed by atoms with Crippen LogP contribution in [0.15, 0.2) is 41.0 Å². The molecule has 0 fully saturated rings. The van der Waals surface area contributed by atoms with Gasteiger partial charge in [0.25, 0.3) is 0 Å². The summed E-state index contributed by atoms with van der Waals surface area (Å²) in [5.74, 6) is -0.101. The summed E-state index contributed by atoms with van der Waals surface area (Å²) in [7, 11) is 0. The zero-order chi connectivity index (χ0) is 16.3. The SMILES string of the molecule is O=S([O-])Cc1ccc(Nc2cc(C(F)(F)F)ccn2)c(Br)c1. The molecule has 2 rings (SSSR count). The van der Waals surface area contributed by atoms with E-state index in [4.69, 9.17) is 0 Å². The fraction of sp³-hybridized carbons (Fsp3) is 0.154. The molecule has 0 saturated heterocycles. The van der Waals surface area contributed by atoms with Gasteiger partial charge in [-0.2, -0.15) is 13.2 Å². The minimum atomic E-state index is -4.45. The number of aromatic nitrogens is 1. The monoisotopic (exact) mass is 393 g/mol. The minimum absolute atomic E-state index is 0.0377. The standard InChI is InChI=1S/C13H10BrF3N2O2S/c14-10-5-8(7-22(20)21)1-2-11(10)19-12-6-9(3-4-18-12)13(15,16)17/h1-6H,7H2,(H,18,19)(H,20,21)/p-1. The number of nitrogens with one attached hydrogen (secondary N) is 1. The molecule has 1 N–H and O–H groups in total. The highest BCUT2D eigenvalue weighted by molar-refractivity contribution is 9.10. The molecule has 1 aromatic heterocycles.